The summed E-state index contributed by atoms with van der Waals surface area (Å²) in [5, 5.41) is 2.06. The van der Waals surface area contributed by atoms with Crippen LogP contribution in [0.25, 0.3) is 10.8 Å². The van der Waals surface area contributed by atoms with Crippen LogP contribution >= 0.6 is 0 Å². The highest BCUT2D eigenvalue weighted by molar-refractivity contribution is 7.89. The lowest BCUT2D eigenvalue weighted by Gasteiger charge is -2.40. The van der Waals surface area contributed by atoms with Crippen molar-refractivity contribution in [2.24, 2.45) is 11.8 Å². The van der Waals surface area contributed by atoms with Crippen LogP contribution in [-0.4, -0.2) is 49.8 Å². The summed E-state index contributed by atoms with van der Waals surface area (Å²) in [6.07, 6.45) is 5.53. The van der Waals surface area contributed by atoms with E-state index in [1.807, 2.05) is 36.4 Å². The van der Waals surface area contributed by atoms with E-state index in [4.69, 9.17) is 0 Å². The highest BCUT2D eigenvalue weighted by Gasteiger charge is 2.43. The zero-order valence-electron chi connectivity index (χ0n) is 15.0. The quantitative estimate of drug-likeness (QED) is 0.832. The van der Waals surface area contributed by atoms with Crippen molar-refractivity contribution in [3.05, 3.63) is 42.5 Å². The summed E-state index contributed by atoms with van der Waals surface area (Å²) < 4.78 is 27.9. The van der Waals surface area contributed by atoms with Gasteiger partial charge in [0.15, 0.2) is 0 Å². The Kier molecular flexibility index (Phi) is 4.07. The Labute approximate surface area is 155 Å². The zero-order valence-corrected chi connectivity index (χ0v) is 15.9. The van der Waals surface area contributed by atoms with Crippen molar-refractivity contribution in [2.75, 3.05) is 26.2 Å². The highest BCUT2D eigenvalue weighted by Crippen LogP contribution is 2.46. The summed E-state index contributed by atoms with van der Waals surface area (Å²) in [4.78, 5) is 2.99. The number of benzene rings is 2. The standard InChI is InChI=1S/C21H26N2O2S/c24-26(25,20-8-7-17-3-1-2-4-18(17)15-20)23-11-9-22(10-12-23)21-14-16-5-6-19(21)13-16/h1-4,7-8,15-16,19,21H,5-6,9-14H2/t16-,19-,21+/m1/s1. The van der Waals surface area contributed by atoms with Gasteiger partial charge in [-0.3, -0.25) is 4.90 Å². The lowest BCUT2D eigenvalue weighted by molar-refractivity contribution is 0.101. The van der Waals surface area contributed by atoms with Gasteiger partial charge in [-0.15, -0.1) is 0 Å². The maximum Gasteiger partial charge on any atom is 0.243 e. The molecule has 0 radical (unpaired) electrons. The number of fused-ring (bicyclic) bond motifs is 3. The third kappa shape index (κ3) is 2.77. The molecule has 5 heteroatoms. The van der Waals surface area contributed by atoms with Crippen LogP contribution < -0.4 is 0 Å². The maximum atomic E-state index is 13.1. The summed E-state index contributed by atoms with van der Waals surface area (Å²) in [5.74, 6) is 1.80. The Bertz CT molecular complexity index is 919. The van der Waals surface area contributed by atoms with Gasteiger partial charge < -0.3 is 0 Å². The predicted molar refractivity (Wildman–Crippen MR) is 104 cm³/mol. The molecule has 1 saturated heterocycles. The van der Waals surface area contributed by atoms with Crippen molar-refractivity contribution < 1.29 is 8.42 Å². The van der Waals surface area contributed by atoms with E-state index in [0.29, 0.717) is 24.0 Å². The van der Waals surface area contributed by atoms with E-state index < -0.39 is 10.0 Å². The van der Waals surface area contributed by atoms with Crippen LogP contribution in [0.15, 0.2) is 47.4 Å². The molecule has 3 atom stereocenters. The average molecular weight is 371 g/mol. The van der Waals surface area contributed by atoms with Crippen LogP contribution in [0.1, 0.15) is 25.7 Å². The first-order valence-corrected chi connectivity index (χ1v) is 11.3. The van der Waals surface area contributed by atoms with Gasteiger partial charge in [0.2, 0.25) is 10.0 Å². The monoisotopic (exact) mass is 370 g/mol. The fourth-order valence-corrected chi connectivity index (χ4v) is 6.87. The van der Waals surface area contributed by atoms with Gasteiger partial charge in [0.05, 0.1) is 4.90 Å². The smallest absolute Gasteiger partial charge is 0.243 e. The van der Waals surface area contributed by atoms with Crippen molar-refractivity contribution in [1.82, 2.24) is 9.21 Å². The molecule has 26 heavy (non-hydrogen) atoms. The normalized spacial score (nSPS) is 30.2. The second kappa shape index (κ2) is 6.32. The molecular weight excluding hydrogens is 344 g/mol. The van der Waals surface area contributed by atoms with Crippen molar-refractivity contribution in [3.8, 4) is 0 Å². The van der Waals surface area contributed by atoms with Crippen LogP contribution in [0.3, 0.4) is 0 Å². The minimum absolute atomic E-state index is 0.421. The van der Waals surface area contributed by atoms with E-state index >= 15 is 0 Å². The van der Waals surface area contributed by atoms with Gasteiger partial charge >= 0.3 is 0 Å². The minimum atomic E-state index is -3.40. The van der Waals surface area contributed by atoms with E-state index in [-0.39, 0.29) is 0 Å². The van der Waals surface area contributed by atoms with Gasteiger partial charge in [0.1, 0.15) is 0 Å². The van der Waals surface area contributed by atoms with Crippen molar-refractivity contribution in [2.45, 2.75) is 36.6 Å². The maximum absolute atomic E-state index is 13.1. The molecule has 1 aliphatic heterocycles. The Morgan fingerprint density at radius 2 is 1.62 bits per heavy atom. The number of sulfonamides is 1. The van der Waals surface area contributed by atoms with Gasteiger partial charge in [-0.1, -0.05) is 36.8 Å². The van der Waals surface area contributed by atoms with Crippen molar-refractivity contribution in [1.29, 1.82) is 0 Å². The first-order chi connectivity index (χ1) is 12.6. The van der Waals surface area contributed by atoms with Crippen molar-refractivity contribution >= 4 is 20.8 Å². The molecule has 1 heterocycles. The Morgan fingerprint density at radius 1 is 0.846 bits per heavy atom. The van der Waals surface area contributed by atoms with E-state index in [1.165, 1.54) is 25.7 Å². The van der Waals surface area contributed by atoms with Gasteiger partial charge in [-0.2, -0.15) is 4.31 Å². The lowest BCUT2D eigenvalue weighted by atomic mass is 9.93. The summed E-state index contributed by atoms with van der Waals surface area (Å²) in [6.45, 7) is 2.98. The van der Waals surface area contributed by atoms with Crippen molar-refractivity contribution in [3.63, 3.8) is 0 Å². The number of hydrogen-bond donors (Lipinski definition) is 0. The molecule has 3 fully saturated rings. The van der Waals surface area contributed by atoms with Crippen LogP contribution in [-0.2, 0) is 10.0 Å². The first kappa shape index (κ1) is 16.7. The minimum Gasteiger partial charge on any atom is -0.297 e. The van der Waals surface area contributed by atoms with E-state index in [9.17, 15) is 8.42 Å². The molecule has 2 saturated carbocycles. The van der Waals surface area contributed by atoms with E-state index in [0.717, 1.165) is 35.7 Å². The second-order valence-electron chi connectivity index (χ2n) is 8.19. The fourth-order valence-electron chi connectivity index (χ4n) is 5.41. The van der Waals surface area contributed by atoms with Crippen LogP contribution in [0.5, 0.6) is 0 Å². The molecule has 3 aliphatic rings. The molecule has 2 aromatic carbocycles. The SMILES string of the molecule is O=S(=O)(c1ccc2ccccc2c1)N1CCN([C@H]2C[C@@H]3CC[C@@H]2C3)CC1. The molecule has 2 aliphatic carbocycles. The molecule has 0 amide bonds. The van der Waals surface area contributed by atoms with Gasteiger partial charge in [0, 0.05) is 32.2 Å². The summed E-state index contributed by atoms with van der Waals surface area (Å²) >= 11 is 0. The van der Waals surface area contributed by atoms with Gasteiger partial charge in [-0.05, 0) is 54.0 Å². The van der Waals surface area contributed by atoms with Crippen LogP contribution in [0.4, 0.5) is 0 Å². The molecule has 0 spiro atoms. The molecule has 5 rings (SSSR count). The fraction of sp³-hybridized carbons (Fsp3) is 0.524. The molecule has 2 aromatic rings. The van der Waals surface area contributed by atoms with Crippen LogP contribution in [0, 0.1) is 11.8 Å². The second-order valence-corrected chi connectivity index (χ2v) is 10.1. The summed E-state index contributed by atoms with van der Waals surface area (Å²) in [5.41, 5.74) is 0. The van der Waals surface area contributed by atoms with E-state index in [2.05, 4.69) is 4.90 Å². The van der Waals surface area contributed by atoms with E-state index in [1.54, 1.807) is 10.4 Å². The predicted octanol–water partition coefficient (Wildman–Crippen LogP) is 3.33. The molecule has 4 nitrogen and oxygen atoms in total. The molecule has 0 aromatic heterocycles. The topological polar surface area (TPSA) is 40.6 Å². The third-order valence-electron chi connectivity index (χ3n) is 6.80. The Morgan fingerprint density at radius 3 is 2.31 bits per heavy atom. The molecule has 0 unspecified atom stereocenters. The highest BCUT2D eigenvalue weighted by atomic mass is 32.2. The summed E-state index contributed by atoms with van der Waals surface area (Å²) in [7, 11) is -3.40. The average Bonchev–Trinajstić information content (AvgIpc) is 3.31. The van der Waals surface area contributed by atoms with Gasteiger partial charge in [-0.25, -0.2) is 8.42 Å². The third-order valence-corrected chi connectivity index (χ3v) is 8.70. The number of nitrogens with zero attached hydrogens (tertiary/aromatic N) is 2. The Hall–Kier alpha value is -1.43. The number of rotatable bonds is 3. The first-order valence-electron chi connectivity index (χ1n) is 9.84. The number of hydrogen-bond acceptors (Lipinski definition) is 3. The zero-order chi connectivity index (χ0) is 17.7. The molecule has 0 N–H and O–H groups in total. The molecular formula is C21H26N2O2S. The lowest BCUT2D eigenvalue weighted by Crippen LogP contribution is -2.53. The molecule has 2 bridgehead atoms. The van der Waals surface area contributed by atoms with Crippen LogP contribution in [0.2, 0.25) is 0 Å². The Balaban J connectivity index is 1.31. The molecule has 138 valence electrons. The largest absolute Gasteiger partial charge is 0.297 e. The van der Waals surface area contributed by atoms with Gasteiger partial charge in [0.25, 0.3) is 0 Å². The summed E-state index contributed by atoms with van der Waals surface area (Å²) in [6, 6.07) is 14.1. The number of piperazine rings is 1.